The van der Waals surface area contributed by atoms with Crippen LogP contribution in [0.2, 0.25) is 0 Å². The van der Waals surface area contributed by atoms with Gasteiger partial charge >= 0.3 is 6.03 Å². The standard InChI is InChI=1S/C18H21F2N3O2/c19-18(20)6-9-21(10-7-18)17(25)22-11-15-14-4-2-1-3-13(14)5-8-23(15)16(24)12-22/h1-4,15H,5-12H2. The van der Waals surface area contributed by atoms with E-state index in [1.807, 2.05) is 23.1 Å². The predicted octanol–water partition coefficient (Wildman–Crippen LogP) is 2.28. The van der Waals surface area contributed by atoms with E-state index < -0.39 is 5.92 Å². The van der Waals surface area contributed by atoms with Crippen LogP contribution in [0.15, 0.2) is 24.3 Å². The Labute approximate surface area is 145 Å². The average Bonchev–Trinajstić information content (AvgIpc) is 2.61. The number of rotatable bonds is 0. The molecule has 4 rings (SSSR count). The zero-order valence-corrected chi connectivity index (χ0v) is 14.0. The number of hydrogen-bond donors (Lipinski definition) is 0. The first-order valence-electron chi connectivity index (χ1n) is 8.73. The molecule has 0 radical (unpaired) electrons. The largest absolute Gasteiger partial charge is 0.332 e. The number of urea groups is 1. The van der Waals surface area contributed by atoms with Crippen molar-refractivity contribution >= 4 is 11.9 Å². The lowest BCUT2D eigenvalue weighted by atomic mass is 9.91. The molecule has 0 aromatic heterocycles. The van der Waals surface area contributed by atoms with Crippen LogP contribution < -0.4 is 0 Å². The van der Waals surface area contributed by atoms with E-state index in [9.17, 15) is 18.4 Å². The number of likely N-dealkylation sites (tertiary alicyclic amines) is 1. The van der Waals surface area contributed by atoms with Gasteiger partial charge in [-0.05, 0) is 17.5 Å². The summed E-state index contributed by atoms with van der Waals surface area (Å²) >= 11 is 0. The van der Waals surface area contributed by atoms with Crippen LogP contribution in [-0.4, -0.2) is 65.3 Å². The van der Waals surface area contributed by atoms with Crippen molar-refractivity contribution in [3.8, 4) is 0 Å². The molecule has 1 aromatic carbocycles. The maximum absolute atomic E-state index is 13.3. The van der Waals surface area contributed by atoms with Gasteiger partial charge in [-0.3, -0.25) is 4.79 Å². The van der Waals surface area contributed by atoms with Gasteiger partial charge in [-0.2, -0.15) is 0 Å². The van der Waals surface area contributed by atoms with Crippen molar-refractivity contribution in [1.82, 2.24) is 14.7 Å². The maximum atomic E-state index is 13.3. The lowest BCUT2D eigenvalue weighted by molar-refractivity contribution is -0.139. The highest BCUT2D eigenvalue weighted by Crippen LogP contribution is 2.34. The molecule has 3 aliphatic heterocycles. The molecule has 0 aliphatic carbocycles. The topological polar surface area (TPSA) is 43.9 Å². The summed E-state index contributed by atoms with van der Waals surface area (Å²) in [6.07, 6.45) is 0.214. The van der Waals surface area contributed by atoms with Gasteiger partial charge in [0.05, 0.1) is 6.04 Å². The molecule has 134 valence electrons. The summed E-state index contributed by atoms with van der Waals surface area (Å²) in [6, 6.07) is 7.56. The van der Waals surface area contributed by atoms with Gasteiger partial charge < -0.3 is 14.7 Å². The monoisotopic (exact) mass is 349 g/mol. The van der Waals surface area contributed by atoms with Gasteiger partial charge in [-0.1, -0.05) is 24.3 Å². The summed E-state index contributed by atoms with van der Waals surface area (Å²) in [5.74, 6) is -2.76. The second-order valence-electron chi connectivity index (χ2n) is 7.06. The lowest BCUT2D eigenvalue weighted by Gasteiger charge is -2.46. The third kappa shape index (κ3) is 2.96. The van der Waals surface area contributed by atoms with Crippen molar-refractivity contribution in [2.24, 2.45) is 0 Å². The fourth-order valence-electron chi connectivity index (χ4n) is 4.05. The number of alkyl halides is 2. The molecule has 0 saturated carbocycles. The molecular weight excluding hydrogens is 328 g/mol. The number of piperazine rings is 1. The van der Waals surface area contributed by atoms with Gasteiger partial charge in [0.2, 0.25) is 5.91 Å². The molecule has 0 bridgehead atoms. The fraction of sp³-hybridized carbons (Fsp3) is 0.556. The van der Waals surface area contributed by atoms with Crippen LogP contribution in [0.4, 0.5) is 13.6 Å². The van der Waals surface area contributed by atoms with Gasteiger partial charge in [-0.25, -0.2) is 13.6 Å². The number of amides is 3. The van der Waals surface area contributed by atoms with Crippen LogP contribution in [-0.2, 0) is 11.2 Å². The van der Waals surface area contributed by atoms with E-state index in [0.29, 0.717) is 13.1 Å². The van der Waals surface area contributed by atoms with Crippen molar-refractivity contribution in [3.05, 3.63) is 35.4 Å². The minimum atomic E-state index is -2.69. The van der Waals surface area contributed by atoms with E-state index >= 15 is 0 Å². The van der Waals surface area contributed by atoms with Crippen LogP contribution in [0.25, 0.3) is 0 Å². The van der Waals surface area contributed by atoms with E-state index in [-0.39, 0.29) is 50.5 Å². The Balaban J connectivity index is 1.52. The van der Waals surface area contributed by atoms with Crippen LogP contribution in [0.3, 0.4) is 0 Å². The molecule has 7 heteroatoms. The Hall–Kier alpha value is -2.18. The summed E-state index contributed by atoms with van der Waals surface area (Å²) in [5.41, 5.74) is 2.30. The number of carbonyl (C=O) groups is 2. The normalized spacial score (nSPS) is 25.4. The van der Waals surface area contributed by atoms with Crippen molar-refractivity contribution < 1.29 is 18.4 Å². The second kappa shape index (κ2) is 5.97. The summed E-state index contributed by atoms with van der Waals surface area (Å²) in [6.45, 7) is 1.21. The minimum Gasteiger partial charge on any atom is -0.332 e. The number of piperidine rings is 1. The second-order valence-corrected chi connectivity index (χ2v) is 7.06. The van der Waals surface area contributed by atoms with E-state index in [1.165, 1.54) is 15.4 Å². The maximum Gasteiger partial charge on any atom is 0.320 e. The number of carbonyl (C=O) groups excluding carboxylic acids is 2. The highest BCUT2D eigenvalue weighted by Gasteiger charge is 2.41. The fourth-order valence-corrected chi connectivity index (χ4v) is 4.05. The van der Waals surface area contributed by atoms with Gasteiger partial charge in [0.25, 0.3) is 5.92 Å². The molecule has 1 aromatic rings. The Kier molecular flexibility index (Phi) is 3.89. The van der Waals surface area contributed by atoms with Gasteiger partial charge in [0.1, 0.15) is 6.54 Å². The molecule has 5 nitrogen and oxygen atoms in total. The third-order valence-electron chi connectivity index (χ3n) is 5.49. The average molecular weight is 349 g/mol. The molecule has 3 aliphatic rings. The Morgan fingerprint density at radius 2 is 1.80 bits per heavy atom. The Bertz CT molecular complexity index is 699. The molecule has 0 N–H and O–H groups in total. The molecule has 3 amide bonds. The number of fused-ring (bicyclic) bond motifs is 3. The first kappa shape index (κ1) is 16.3. The molecule has 1 unspecified atom stereocenters. The van der Waals surface area contributed by atoms with Crippen LogP contribution >= 0.6 is 0 Å². The SMILES string of the molecule is O=C(N1CCC(F)(F)CC1)N1CC(=O)N2CCc3ccccc3C2C1. The Morgan fingerprint density at radius 3 is 2.56 bits per heavy atom. The van der Waals surface area contributed by atoms with Crippen molar-refractivity contribution in [1.29, 1.82) is 0 Å². The number of hydrogen-bond acceptors (Lipinski definition) is 2. The number of nitrogens with zero attached hydrogens (tertiary/aromatic N) is 3. The smallest absolute Gasteiger partial charge is 0.320 e. The first-order chi connectivity index (χ1) is 11.9. The van der Waals surface area contributed by atoms with Crippen LogP contribution in [0.5, 0.6) is 0 Å². The van der Waals surface area contributed by atoms with Gasteiger partial charge in [-0.15, -0.1) is 0 Å². The molecule has 25 heavy (non-hydrogen) atoms. The molecular formula is C18H21F2N3O2. The highest BCUT2D eigenvalue weighted by molar-refractivity contribution is 5.86. The van der Waals surface area contributed by atoms with E-state index in [2.05, 4.69) is 6.07 Å². The summed E-state index contributed by atoms with van der Waals surface area (Å²) in [4.78, 5) is 30.1. The third-order valence-corrected chi connectivity index (χ3v) is 5.49. The van der Waals surface area contributed by atoms with E-state index in [0.717, 1.165) is 12.0 Å². The minimum absolute atomic E-state index is 0.0321. The zero-order chi connectivity index (χ0) is 17.6. The molecule has 2 fully saturated rings. The molecule has 2 saturated heterocycles. The highest BCUT2D eigenvalue weighted by atomic mass is 19.3. The van der Waals surface area contributed by atoms with E-state index in [4.69, 9.17) is 0 Å². The van der Waals surface area contributed by atoms with Crippen LogP contribution in [0, 0.1) is 0 Å². The van der Waals surface area contributed by atoms with Gasteiger partial charge in [0, 0.05) is 39.0 Å². The quantitative estimate of drug-likeness (QED) is 0.721. The number of halogens is 2. The lowest BCUT2D eigenvalue weighted by Crippen LogP contribution is -2.59. The molecule has 1 atom stereocenters. The Morgan fingerprint density at radius 1 is 1.08 bits per heavy atom. The summed E-state index contributed by atoms with van der Waals surface area (Å²) in [5, 5.41) is 0. The zero-order valence-electron chi connectivity index (χ0n) is 14.0. The van der Waals surface area contributed by atoms with E-state index in [1.54, 1.807) is 0 Å². The van der Waals surface area contributed by atoms with Crippen molar-refractivity contribution in [2.45, 2.75) is 31.2 Å². The summed E-state index contributed by atoms with van der Waals surface area (Å²) in [7, 11) is 0. The van der Waals surface area contributed by atoms with Crippen LogP contribution in [0.1, 0.15) is 30.0 Å². The summed E-state index contributed by atoms with van der Waals surface area (Å²) < 4.78 is 26.6. The molecule has 0 spiro atoms. The van der Waals surface area contributed by atoms with Gasteiger partial charge in [0.15, 0.2) is 0 Å². The van der Waals surface area contributed by atoms with Crippen molar-refractivity contribution in [3.63, 3.8) is 0 Å². The van der Waals surface area contributed by atoms with Crippen molar-refractivity contribution in [2.75, 3.05) is 32.7 Å². The first-order valence-corrected chi connectivity index (χ1v) is 8.73. The molecule has 3 heterocycles. The number of benzene rings is 1. The predicted molar refractivity (Wildman–Crippen MR) is 87.3 cm³/mol.